The first-order valence-electron chi connectivity index (χ1n) is 15.7. The second-order valence-electron chi connectivity index (χ2n) is 12.8. The van der Waals surface area contributed by atoms with E-state index in [0.717, 1.165) is 0 Å². The molecule has 0 saturated carbocycles. The zero-order valence-corrected chi connectivity index (χ0v) is 32.9. The summed E-state index contributed by atoms with van der Waals surface area (Å²) in [6.07, 6.45) is 5.32. The van der Waals surface area contributed by atoms with Gasteiger partial charge in [0.1, 0.15) is 0 Å². The fourth-order valence-electron chi connectivity index (χ4n) is 8.44. The van der Waals surface area contributed by atoms with E-state index in [2.05, 4.69) is 193 Å². The maximum atomic E-state index is 4.12. The van der Waals surface area contributed by atoms with Crippen LogP contribution in [0.5, 0.6) is 0 Å². The summed E-state index contributed by atoms with van der Waals surface area (Å²) in [5.74, 6) is 0.326. The summed E-state index contributed by atoms with van der Waals surface area (Å²) in [4.78, 5) is 0. The first-order chi connectivity index (χ1) is 22.3. The number of rotatable bonds is 5. The number of nitrogens with zero attached hydrogens (tertiary/aromatic N) is 2. The number of hydrogen-bond acceptors (Lipinski definition) is 2. The van der Waals surface area contributed by atoms with Gasteiger partial charge in [-0.05, 0) is 0 Å². The van der Waals surface area contributed by atoms with Crippen molar-refractivity contribution in [2.45, 2.75) is 11.8 Å². The van der Waals surface area contributed by atoms with Crippen LogP contribution in [0.4, 0.5) is 0 Å². The molecule has 2 aliphatic carbocycles. The molecule has 5 aromatic rings. The molecule has 4 bridgehead atoms. The quantitative estimate of drug-likeness (QED) is 0.163. The fraction of sp³-hybridized carbons (Fsp3) is 0.150. The normalized spacial score (nSPS) is 20.6. The van der Waals surface area contributed by atoms with Crippen LogP contribution in [0.1, 0.15) is 45.2 Å². The van der Waals surface area contributed by atoms with Gasteiger partial charge >= 0.3 is 299 Å². The van der Waals surface area contributed by atoms with Gasteiger partial charge < -0.3 is 0 Å². The molecule has 228 valence electrons. The van der Waals surface area contributed by atoms with Gasteiger partial charge in [-0.2, -0.15) is 0 Å². The van der Waals surface area contributed by atoms with Crippen LogP contribution in [0.2, 0.25) is 0 Å². The summed E-state index contributed by atoms with van der Waals surface area (Å²) in [7, 11) is 8.55. The molecule has 0 saturated heterocycles. The Labute approximate surface area is 296 Å². The van der Waals surface area contributed by atoms with Crippen LogP contribution in [-0.2, 0) is 20.8 Å². The van der Waals surface area contributed by atoms with Crippen LogP contribution in [0.3, 0.4) is 0 Å². The minimum absolute atomic E-state index is 0.163. The van der Waals surface area contributed by atoms with Crippen molar-refractivity contribution < 1.29 is 20.8 Å². The Kier molecular flexibility index (Phi) is 8.12. The van der Waals surface area contributed by atoms with E-state index in [1.165, 1.54) is 58.2 Å². The Hall–Kier alpha value is -2.23. The molecule has 0 aromatic heterocycles. The van der Waals surface area contributed by atoms with Crippen molar-refractivity contribution in [3.05, 3.63) is 164 Å². The van der Waals surface area contributed by atoms with Gasteiger partial charge in [0.2, 0.25) is 0 Å². The van der Waals surface area contributed by atoms with Gasteiger partial charge in [-0.3, -0.25) is 0 Å². The van der Waals surface area contributed by atoms with Gasteiger partial charge in [0, 0.05) is 0 Å². The molecule has 5 aromatic carbocycles. The van der Waals surface area contributed by atoms with Crippen LogP contribution >= 0.6 is 39.8 Å². The zero-order chi connectivity index (χ0) is 31.7. The average Bonchev–Trinajstić information content (AvgIpc) is 3.66. The van der Waals surface area contributed by atoms with Gasteiger partial charge in [0.25, 0.3) is 0 Å². The molecule has 8 rings (SSSR count). The van der Waals surface area contributed by atoms with E-state index < -0.39 is 28.8 Å². The Bertz CT molecular complexity index is 1910. The van der Waals surface area contributed by atoms with Gasteiger partial charge in [-0.15, -0.1) is 0 Å². The van der Waals surface area contributed by atoms with Crippen molar-refractivity contribution in [3.63, 3.8) is 0 Å². The molecule has 1 aliphatic heterocycles. The molecule has 2 nitrogen and oxygen atoms in total. The van der Waals surface area contributed by atoms with Crippen molar-refractivity contribution in [1.82, 2.24) is 5.69 Å². The van der Waals surface area contributed by atoms with Crippen molar-refractivity contribution >= 4 is 67.8 Å². The Morgan fingerprint density at radius 3 is 1.30 bits per heavy atom. The Morgan fingerprint density at radius 2 is 0.913 bits per heavy atom. The average molecular weight is 826 g/mol. The Balaban J connectivity index is 1.58. The Morgan fingerprint density at radius 1 is 0.522 bits per heavy atom. The SMILES string of the molecule is C[N](C)[Zr]1([N](C)C)[C]2=Cc3c(ccc(Br)c3C2c2ccccc2)P(c2ccccc2)c2ccc(Br)c3c2C=[C]1C3c1ccccc1. The van der Waals surface area contributed by atoms with Crippen molar-refractivity contribution in [2.24, 2.45) is 0 Å². The molecule has 0 N–H and O–H groups in total. The van der Waals surface area contributed by atoms with Crippen LogP contribution in [0.15, 0.2) is 131 Å². The molecule has 2 unspecified atom stereocenters. The second-order valence-corrected chi connectivity index (χ2v) is 27.2. The van der Waals surface area contributed by atoms with Crippen molar-refractivity contribution in [2.75, 3.05) is 28.2 Å². The van der Waals surface area contributed by atoms with E-state index in [0.29, 0.717) is 0 Å². The first-order valence-corrected chi connectivity index (χ1v) is 23.3. The third kappa shape index (κ3) is 4.53. The topological polar surface area (TPSA) is 6.48 Å². The molecular weight excluding hydrogens is 790 g/mol. The van der Waals surface area contributed by atoms with E-state index in [4.69, 9.17) is 0 Å². The fourth-order valence-corrected chi connectivity index (χ4v) is 25.2. The van der Waals surface area contributed by atoms with Crippen LogP contribution in [0.25, 0.3) is 12.2 Å². The molecule has 0 fully saturated rings. The summed E-state index contributed by atoms with van der Waals surface area (Å²) in [6, 6.07) is 43.2. The molecular formula is C40H35Br2N2PZr. The number of hydrogen-bond donors (Lipinski definition) is 0. The molecule has 3 aliphatic rings. The summed E-state index contributed by atoms with van der Waals surface area (Å²) >= 11 is 4.33. The van der Waals surface area contributed by atoms with Crippen LogP contribution < -0.4 is 15.9 Å². The third-order valence-corrected chi connectivity index (χ3v) is 26.5. The first kappa shape index (κ1) is 31.1. The monoisotopic (exact) mass is 822 g/mol. The molecule has 6 heteroatoms. The van der Waals surface area contributed by atoms with E-state index in [-0.39, 0.29) is 11.8 Å². The van der Waals surface area contributed by atoms with E-state index >= 15 is 0 Å². The van der Waals surface area contributed by atoms with Crippen molar-refractivity contribution in [3.8, 4) is 0 Å². The van der Waals surface area contributed by atoms with Crippen LogP contribution in [0, 0.1) is 0 Å². The van der Waals surface area contributed by atoms with Gasteiger partial charge in [-0.1, -0.05) is 0 Å². The third-order valence-electron chi connectivity index (χ3n) is 10.1. The van der Waals surface area contributed by atoms with E-state index in [1.54, 1.807) is 6.56 Å². The number of halogens is 2. The summed E-state index contributed by atoms with van der Waals surface area (Å²) < 4.78 is 10.9. The minimum atomic E-state index is -3.90. The van der Waals surface area contributed by atoms with Gasteiger partial charge in [0.15, 0.2) is 0 Å². The maximum absolute atomic E-state index is 4.12. The molecule has 46 heavy (non-hydrogen) atoms. The standard InChI is InChI=1S/C36H23Br2P.2C2H6N.Zr/c37-31-20-22-33(29-18-16-27(35(29)31)24-10-4-1-5-11-24)39(26-14-8-3-9-15-26)34-23-21-32(38)36-28(17-19-30(34)36)25-12-6-2-7-13-25;2*1-3-2;/h1-15,18-23,27-28H;2*1-2H3;/q;2*-1;+2. The molecule has 0 amide bonds. The summed E-state index contributed by atoms with van der Waals surface area (Å²) in [5, 5.41) is 4.27. The number of allylic oxidation sites excluding steroid dienone is 2. The predicted molar refractivity (Wildman–Crippen MR) is 200 cm³/mol. The molecule has 1 heterocycles. The molecule has 0 spiro atoms. The van der Waals surface area contributed by atoms with E-state index in [9.17, 15) is 0 Å². The summed E-state index contributed by atoms with van der Waals surface area (Å²) in [5.41, 5.74) is 8.39. The zero-order valence-electron chi connectivity index (χ0n) is 26.4. The van der Waals surface area contributed by atoms with Gasteiger partial charge in [-0.25, -0.2) is 0 Å². The molecule has 0 radical (unpaired) electrons. The van der Waals surface area contributed by atoms with Crippen LogP contribution in [-0.4, -0.2) is 33.9 Å². The van der Waals surface area contributed by atoms with E-state index in [1.807, 2.05) is 0 Å². The molecule has 2 atom stereocenters. The van der Waals surface area contributed by atoms with Gasteiger partial charge in [0.05, 0.1) is 0 Å². The predicted octanol–water partition coefficient (Wildman–Crippen LogP) is 9.06. The number of benzene rings is 5. The van der Waals surface area contributed by atoms with Crippen molar-refractivity contribution in [1.29, 1.82) is 0 Å². The second kappa shape index (κ2) is 12.0. The summed E-state index contributed by atoms with van der Waals surface area (Å²) in [6.45, 7) is 0.